The second kappa shape index (κ2) is 6.45. The van der Waals surface area contributed by atoms with Crippen LogP contribution in [0.5, 0.6) is 0 Å². The topological polar surface area (TPSA) is 82.2 Å². The van der Waals surface area contributed by atoms with Crippen LogP contribution < -0.4 is 11.1 Å². The largest absolute Gasteiger partial charge is 0.444 e. The van der Waals surface area contributed by atoms with Gasteiger partial charge in [0.2, 0.25) is 0 Å². The van der Waals surface area contributed by atoms with Crippen LogP contribution in [0, 0.1) is 6.92 Å². The van der Waals surface area contributed by atoms with Gasteiger partial charge < -0.3 is 15.8 Å². The van der Waals surface area contributed by atoms with E-state index in [1.807, 2.05) is 27.7 Å². The Morgan fingerprint density at radius 2 is 2.15 bits per heavy atom. The molecule has 6 nitrogen and oxygen atoms in total. The molecule has 0 saturated carbocycles. The standard InChI is InChI=1S/C13H23ClN4O2/c1-8-10(11(14)18(5)17-8)9(6-15)7-16-12(19)20-13(2,3)4/h9H,6-7,15H2,1-5H3,(H,16,19). The summed E-state index contributed by atoms with van der Waals surface area (Å²) in [5.41, 5.74) is 6.94. The first-order valence-corrected chi connectivity index (χ1v) is 6.89. The SMILES string of the molecule is Cc1nn(C)c(Cl)c1C(CN)CNC(=O)OC(C)(C)C. The van der Waals surface area contributed by atoms with Crippen LogP contribution in [0.15, 0.2) is 0 Å². The van der Waals surface area contributed by atoms with Gasteiger partial charge in [0.05, 0.1) is 5.69 Å². The van der Waals surface area contributed by atoms with Crippen molar-refractivity contribution in [1.29, 1.82) is 0 Å². The third kappa shape index (κ3) is 4.38. The van der Waals surface area contributed by atoms with Gasteiger partial charge in [-0.05, 0) is 27.7 Å². The maximum Gasteiger partial charge on any atom is 0.407 e. The Bertz CT molecular complexity index is 479. The van der Waals surface area contributed by atoms with Gasteiger partial charge in [-0.3, -0.25) is 4.68 Å². The Morgan fingerprint density at radius 1 is 1.55 bits per heavy atom. The minimum absolute atomic E-state index is 0.0938. The number of hydrogen-bond acceptors (Lipinski definition) is 4. The number of hydrogen-bond donors (Lipinski definition) is 2. The van der Waals surface area contributed by atoms with Crippen LogP contribution in [0.2, 0.25) is 5.15 Å². The van der Waals surface area contributed by atoms with E-state index in [9.17, 15) is 4.79 Å². The van der Waals surface area contributed by atoms with Crippen molar-refractivity contribution in [2.75, 3.05) is 13.1 Å². The highest BCUT2D eigenvalue weighted by Crippen LogP contribution is 2.26. The van der Waals surface area contributed by atoms with E-state index in [2.05, 4.69) is 10.4 Å². The number of alkyl carbamates (subject to hydrolysis) is 1. The first kappa shape index (κ1) is 16.8. The maximum atomic E-state index is 11.7. The minimum Gasteiger partial charge on any atom is -0.444 e. The molecule has 0 bridgehead atoms. The molecule has 7 heteroatoms. The number of ether oxygens (including phenoxy) is 1. The molecule has 3 N–H and O–H groups in total. The van der Waals surface area contributed by atoms with Crippen molar-refractivity contribution in [2.45, 2.75) is 39.2 Å². The molecule has 0 aliphatic heterocycles. The summed E-state index contributed by atoms with van der Waals surface area (Å²) < 4.78 is 6.79. The van der Waals surface area contributed by atoms with E-state index in [4.69, 9.17) is 22.1 Å². The highest BCUT2D eigenvalue weighted by atomic mass is 35.5. The first-order valence-electron chi connectivity index (χ1n) is 6.51. The van der Waals surface area contributed by atoms with Crippen molar-refractivity contribution in [3.63, 3.8) is 0 Å². The summed E-state index contributed by atoms with van der Waals surface area (Å²) in [4.78, 5) is 11.7. The normalized spacial score (nSPS) is 13.2. The Balaban J connectivity index is 2.71. The van der Waals surface area contributed by atoms with Gasteiger partial charge >= 0.3 is 6.09 Å². The van der Waals surface area contributed by atoms with E-state index in [-0.39, 0.29) is 5.92 Å². The van der Waals surface area contributed by atoms with E-state index < -0.39 is 11.7 Å². The van der Waals surface area contributed by atoms with Gasteiger partial charge in [0.1, 0.15) is 10.8 Å². The summed E-state index contributed by atoms with van der Waals surface area (Å²) in [6, 6.07) is 0. The van der Waals surface area contributed by atoms with E-state index in [1.54, 1.807) is 11.7 Å². The lowest BCUT2D eigenvalue weighted by Crippen LogP contribution is -2.36. The molecule has 1 aromatic heterocycles. The van der Waals surface area contributed by atoms with Crippen molar-refractivity contribution in [1.82, 2.24) is 15.1 Å². The second-order valence-electron chi connectivity index (χ2n) is 5.73. The van der Waals surface area contributed by atoms with Gasteiger partial charge in [0.25, 0.3) is 0 Å². The lowest BCUT2D eigenvalue weighted by Gasteiger charge is -2.21. The number of carbonyl (C=O) groups is 1. The van der Waals surface area contributed by atoms with Crippen molar-refractivity contribution in [3.8, 4) is 0 Å². The molecular weight excluding hydrogens is 280 g/mol. The maximum absolute atomic E-state index is 11.7. The average Bonchev–Trinajstić information content (AvgIpc) is 2.54. The fourth-order valence-electron chi connectivity index (χ4n) is 1.93. The number of aromatic nitrogens is 2. The number of amides is 1. The fourth-order valence-corrected chi connectivity index (χ4v) is 2.26. The molecule has 1 heterocycles. The average molecular weight is 303 g/mol. The molecule has 0 aliphatic rings. The molecule has 0 aromatic carbocycles. The quantitative estimate of drug-likeness (QED) is 0.890. The zero-order valence-electron chi connectivity index (χ0n) is 12.7. The van der Waals surface area contributed by atoms with E-state index in [0.29, 0.717) is 18.2 Å². The number of nitrogens with two attached hydrogens (primary N) is 1. The fraction of sp³-hybridized carbons (Fsp3) is 0.692. The third-order valence-corrected chi connectivity index (χ3v) is 3.23. The molecule has 1 atom stereocenters. The van der Waals surface area contributed by atoms with Crippen molar-refractivity contribution < 1.29 is 9.53 Å². The number of rotatable bonds is 4. The van der Waals surface area contributed by atoms with Crippen LogP contribution in [0.3, 0.4) is 0 Å². The number of halogens is 1. The Morgan fingerprint density at radius 3 is 2.55 bits per heavy atom. The smallest absolute Gasteiger partial charge is 0.407 e. The summed E-state index contributed by atoms with van der Waals surface area (Å²) in [6.45, 7) is 8.04. The lowest BCUT2D eigenvalue weighted by atomic mass is 10.0. The molecule has 1 rings (SSSR count). The van der Waals surface area contributed by atoms with Crippen LogP contribution in [0.4, 0.5) is 4.79 Å². The summed E-state index contributed by atoms with van der Waals surface area (Å²) in [7, 11) is 1.77. The number of carbonyl (C=O) groups excluding carboxylic acids is 1. The van der Waals surface area contributed by atoms with E-state index in [0.717, 1.165) is 11.3 Å². The molecule has 20 heavy (non-hydrogen) atoms. The van der Waals surface area contributed by atoms with Crippen molar-refractivity contribution in [3.05, 3.63) is 16.4 Å². The number of nitrogens with zero attached hydrogens (tertiary/aromatic N) is 2. The Hall–Kier alpha value is -1.27. The summed E-state index contributed by atoms with van der Waals surface area (Å²) in [6.07, 6.45) is -0.464. The summed E-state index contributed by atoms with van der Waals surface area (Å²) >= 11 is 6.21. The molecule has 0 saturated heterocycles. The van der Waals surface area contributed by atoms with E-state index in [1.165, 1.54) is 0 Å². The third-order valence-electron chi connectivity index (χ3n) is 2.78. The summed E-state index contributed by atoms with van der Waals surface area (Å²) in [5.74, 6) is -0.0938. The van der Waals surface area contributed by atoms with Gasteiger partial charge in [-0.1, -0.05) is 11.6 Å². The Labute approximate surface area is 124 Å². The predicted octanol–water partition coefficient (Wildman–Crippen LogP) is 1.95. The van der Waals surface area contributed by atoms with Crippen molar-refractivity contribution >= 4 is 17.7 Å². The lowest BCUT2D eigenvalue weighted by molar-refractivity contribution is 0.0525. The molecule has 1 amide bonds. The molecule has 114 valence electrons. The van der Waals surface area contributed by atoms with Crippen LogP contribution >= 0.6 is 11.6 Å². The van der Waals surface area contributed by atoms with Crippen LogP contribution in [-0.2, 0) is 11.8 Å². The zero-order valence-corrected chi connectivity index (χ0v) is 13.4. The van der Waals surface area contributed by atoms with Crippen LogP contribution in [-0.4, -0.2) is 34.6 Å². The summed E-state index contributed by atoms with van der Waals surface area (Å²) in [5, 5.41) is 7.51. The van der Waals surface area contributed by atoms with Gasteiger partial charge in [-0.2, -0.15) is 5.10 Å². The highest BCUT2D eigenvalue weighted by molar-refractivity contribution is 6.30. The minimum atomic E-state index is -0.524. The molecule has 1 aromatic rings. The number of nitrogens with one attached hydrogen (secondary N) is 1. The van der Waals surface area contributed by atoms with Crippen molar-refractivity contribution in [2.24, 2.45) is 12.8 Å². The van der Waals surface area contributed by atoms with E-state index >= 15 is 0 Å². The molecule has 0 fully saturated rings. The van der Waals surface area contributed by atoms with Gasteiger partial charge in [-0.25, -0.2) is 4.79 Å². The molecule has 0 aliphatic carbocycles. The Kier molecular flexibility index (Phi) is 5.42. The highest BCUT2D eigenvalue weighted by Gasteiger charge is 2.22. The molecule has 0 spiro atoms. The number of aryl methyl sites for hydroxylation is 2. The second-order valence-corrected chi connectivity index (χ2v) is 6.09. The van der Waals surface area contributed by atoms with Gasteiger partial charge in [-0.15, -0.1) is 0 Å². The van der Waals surface area contributed by atoms with Gasteiger partial charge in [0.15, 0.2) is 0 Å². The first-order chi connectivity index (χ1) is 9.15. The molecular formula is C13H23ClN4O2. The van der Waals surface area contributed by atoms with Gasteiger partial charge in [0, 0.05) is 31.6 Å². The predicted molar refractivity (Wildman–Crippen MR) is 79.0 cm³/mol. The molecule has 1 unspecified atom stereocenters. The zero-order chi connectivity index (χ0) is 15.5. The van der Waals surface area contributed by atoms with Crippen LogP contribution in [0.25, 0.3) is 0 Å². The monoisotopic (exact) mass is 302 g/mol. The van der Waals surface area contributed by atoms with Crippen LogP contribution in [0.1, 0.15) is 37.9 Å². The molecule has 0 radical (unpaired) electrons.